The van der Waals surface area contributed by atoms with Gasteiger partial charge in [-0.25, -0.2) is 14.1 Å². The first kappa shape index (κ1) is 22.2. The number of barbiturate groups is 1. The van der Waals surface area contributed by atoms with Crippen LogP contribution in [-0.2, 0) is 16.0 Å². The van der Waals surface area contributed by atoms with Gasteiger partial charge in [0.1, 0.15) is 17.1 Å². The van der Waals surface area contributed by atoms with Gasteiger partial charge in [0.05, 0.1) is 17.8 Å². The van der Waals surface area contributed by atoms with Gasteiger partial charge in [-0.05, 0) is 65.6 Å². The van der Waals surface area contributed by atoms with Gasteiger partial charge in [-0.2, -0.15) is 0 Å². The molecule has 3 aromatic carbocycles. The molecule has 8 heteroatoms. The second-order valence-corrected chi connectivity index (χ2v) is 7.69. The van der Waals surface area contributed by atoms with Crippen LogP contribution >= 0.6 is 11.6 Å². The number of anilines is 1. The molecule has 0 unspecified atom stereocenters. The van der Waals surface area contributed by atoms with Gasteiger partial charge in [0.15, 0.2) is 0 Å². The number of amides is 4. The highest BCUT2D eigenvalue weighted by molar-refractivity contribution is 6.42. The van der Waals surface area contributed by atoms with E-state index in [1.54, 1.807) is 42.5 Å². The number of methoxy groups -OCH3 is 1. The molecule has 1 aliphatic heterocycles. The fourth-order valence-corrected chi connectivity index (χ4v) is 3.75. The summed E-state index contributed by atoms with van der Waals surface area (Å²) in [5.74, 6) is -1.42. The van der Waals surface area contributed by atoms with Crippen molar-refractivity contribution in [3.8, 4) is 5.75 Å². The van der Waals surface area contributed by atoms with E-state index in [0.29, 0.717) is 28.9 Å². The van der Waals surface area contributed by atoms with Crippen LogP contribution in [0.25, 0.3) is 6.08 Å². The van der Waals surface area contributed by atoms with Crippen LogP contribution in [0.2, 0.25) is 5.02 Å². The molecule has 1 heterocycles. The summed E-state index contributed by atoms with van der Waals surface area (Å²) in [4.78, 5) is 39.0. The van der Waals surface area contributed by atoms with E-state index in [4.69, 9.17) is 16.3 Å². The molecule has 0 bridgehead atoms. The van der Waals surface area contributed by atoms with Crippen LogP contribution in [0, 0.1) is 5.82 Å². The molecule has 1 N–H and O–H groups in total. The van der Waals surface area contributed by atoms with Crippen LogP contribution in [0.4, 0.5) is 14.9 Å². The number of rotatable bonds is 5. The maximum atomic E-state index is 13.7. The van der Waals surface area contributed by atoms with Crippen molar-refractivity contribution in [2.24, 2.45) is 0 Å². The van der Waals surface area contributed by atoms with Crippen molar-refractivity contribution in [2.75, 3.05) is 12.0 Å². The number of hydrogen-bond donors (Lipinski definition) is 1. The molecular weight excluding hydrogens is 447 g/mol. The Labute approximate surface area is 194 Å². The fourth-order valence-electron chi connectivity index (χ4n) is 3.53. The SMILES string of the molecule is COc1ccc(/C=C2\C(=O)NC(=O)N(c3ccccc3Cl)C2=O)c(Cc2cccc(F)c2)c1. The average molecular weight is 465 g/mol. The van der Waals surface area contributed by atoms with Gasteiger partial charge in [-0.1, -0.05) is 41.9 Å². The summed E-state index contributed by atoms with van der Waals surface area (Å²) in [6, 6.07) is 16.7. The predicted molar refractivity (Wildman–Crippen MR) is 123 cm³/mol. The van der Waals surface area contributed by atoms with Crippen molar-refractivity contribution >= 4 is 41.2 Å². The number of ether oxygens (including phenoxy) is 1. The summed E-state index contributed by atoms with van der Waals surface area (Å²) in [5.41, 5.74) is 1.88. The minimum absolute atomic E-state index is 0.162. The Hall–Kier alpha value is -3.97. The highest BCUT2D eigenvalue weighted by atomic mass is 35.5. The highest BCUT2D eigenvalue weighted by Crippen LogP contribution is 2.30. The van der Waals surface area contributed by atoms with Crippen LogP contribution in [0.5, 0.6) is 5.75 Å². The number of hydrogen-bond acceptors (Lipinski definition) is 4. The second-order valence-electron chi connectivity index (χ2n) is 7.28. The molecule has 4 rings (SSSR count). The van der Waals surface area contributed by atoms with Gasteiger partial charge in [0.2, 0.25) is 0 Å². The minimum Gasteiger partial charge on any atom is -0.497 e. The molecule has 33 heavy (non-hydrogen) atoms. The van der Waals surface area contributed by atoms with E-state index in [1.807, 2.05) is 0 Å². The van der Waals surface area contributed by atoms with Crippen LogP contribution < -0.4 is 15.0 Å². The molecule has 3 aromatic rings. The van der Waals surface area contributed by atoms with Crippen molar-refractivity contribution in [3.05, 3.63) is 99.8 Å². The number of carbonyl (C=O) groups excluding carboxylic acids is 3. The number of imide groups is 2. The maximum Gasteiger partial charge on any atom is 0.335 e. The Morgan fingerprint density at radius 3 is 2.55 bits per heavy atom. The molecule has 0 aromatic heterocycles. The third-order valence-electron chi connectivity index (χ3n) is 5.13. The molecule has 0 radical (unpaired) electrons. The van der Waals surface area contributed by atoms with E-state index in [9.17, 15) is 18.8 Å². The summed E-state index contributed by atoms with van der Waals surface area (Å²) < 4.78 is 19.0. The van der Waals surface area contributed by atoms with Crippen molar-refractivity contribution in [2.45, 2.75) is 6.42 Å². The third-order valence-corrected chi connectivity index (χ3v) is 5.45. The zero-order valence-electron chi connectivity index (χ0n) is 17.5. The molecule has 4 amide bonds. The zero-order valence-corrected chi connectivity index (χ0v) is 18.2. The van der Waals surface area contributed by atoms with Gasteiger partial charge in [-0.15, -0.1) is 0 Å². The summed E-state index contributed by atoms with van der Waals surface area (Å²) in [6.07, 6.45) is 1.74. The molecule has 0 aliphatic carbocycles. The lowest BCUT2D eigenvalue weighted by atomic mass is 9.97. The Kier molecular flexibility index (Phi) is 6.24. The fraction of sp³-hybridized carbons (Fsp3) is 0.0800. The first-order valence-corrected chi connectivity index (χ1v) is 10.3. The van der Waals surface area contributed by atoms with E-state index in [0.717, 1.165) is 4.90 Å². The summed E-state index contributed by atoms with van der Waals surface area (Å²) in [6.45, 7) is 0. The predicted octanol–water partition coefficient (Wildman–Crippen LogP) is 4.74. The smallest absolute Gasteiger partial charge is 0.335 e. The van der Waals surface area contributed by atoms with E-state index >= 15 is 0 Å². The number of urea groups is 1. The average Bonchev–Trinajstić information content (AvgIpc) is 2.78. The first-order chi connectivity index (χ1) is 15.9. The number of nitrogens with zero attached hydrogens (tertiary/aromatic N) is 1. The minimum atomic E-state index is -0.884. The normalized spacial score (nSPS) is 15.1. The number of carbonyl (C=O) groups is 3. The lowest BCUT2D eigenvalue weighted by molar-refractivity contribution is -0.122. The van der Waals surface area contributed by atoms with Crippen molar-refractivity contribution in [1.29, 1.82) is 0 Å². The van der Waals surface area contributed by atoms with Gasteiger partial charge >= 0.3 is 6.03 Å². The van der Waals surface area contributed by atoms with Gasteiger partial charge in [0.25, 0.3) is 11.8 Å². The monoisotopic (exact) mass is 464 g/mol. The topological polar surface area (TPSA) is 75.7 Å². The maximum absolute atomic E-state index is 13.7. The molecule has 0 saturated carbocycles. The summed E-state index contributed by atoms with van der Waals surface area (Å²) in [5, 5.41) is 2.37. The summed E-state index contributed by atoms with van der Waals surface area (Å²) in [7, 11) is 1.52. The number of nitrogens with one attached hydrogen (secondary N) is 1. The molecule has 6 nitrogen and oxygen atoms in total. The standard InChI is InChI=1S/C25H18ClFN2O4/c1-33-19-10-9-16(17(13-19)11-15-5-4-6-18(27)12-15)14-20-23(30)28-25(32)29(24(20)31)22-8-3-2-7-21(22)26/h2-10,12-14H,11H2,1H3,(H,28,30,32)/b20-14+. The van der Waals surface area contributed by atoms with Crippen molar-refractivity contribution < 1.29 is 23.5 Å². The highest BCUT2D eigenvalue weighted by Gasteiger charge is 2.37. The quantitative estimate of drug-likeness (QED) is 0.437. The molecule has 166 valence electrons. The molecule has 1 aliphatic rings. The van der Waals surface area contributed by atoms with Crippen LogP contribution in [0.1, 0.15) is 16.7 Å². The first-order valence-electron chi connectivity index (χ1n) is 9.94. The molecule has 0 atom stereocenters. The van der Waals surface area contributed by atoms with Crippen molar-refractivity contribution in [1.82, 2.24) is 5.32 Å². The number of halogens is 2. The van der Waals surface area contributed by atoms with Crippen LogP contribution in [0.3, 0.4) is 0 Å². The molecule has 1 fully saturated rings. The third kappa shape index (κ3) is 4.63. The largest absolute Gasteiger partial charge is 0.497 e. The Balaban J connectivity index is 1.77. The molecule has 1 saturated heterocycles. The Morgan fingerprint density at radius 2 is 1.82 bits per heavy atom. The lowest BCUT2D eigenvalue weighted by Gasteiger charge is -2.27. The van der Waals surface area contributed by atoms with Crippen LogP contribution in [-0.4, -0.2) is 25.0 Å². The van der Waals surface area contributed by atoms with Gasteiger partial charge in [-0.3, -0.25) is 14.9 Å². The molecule has 0 spiro atoms. The van der Waals surface area contributed by atoms with E-state index in [2.05, 4.69) is 5.32 Å². The number of para-hydroxylation sites is 1. The van der Waals surface area contributed by atoms with E-state index in [-0.39, 0.29) is 22.1 Å². The van der Waals surface area contributed by atoms with Crippen LogP contribution in [0.15, 0.2) is 72.3 Å². The van der Waals surface area contributed by atoms with E-state index in [1.165, 1.54) is 37.5 Å². The van der Waals surface area contributed by atoms with Gasteiger partial charge in [0, 0.05) is 0 Å². The number of benzene rings is 3. The van der Waals surface area contributed by atoms with Crippen molar-refractivity contribution in [3.63, 3.8) is 0 Å². The zero-order chi connectivity index (χ0) is 23.5. The molecular formula is C25H18ClFN2O4. The lowest BCUT2D eigenvalue weighted by Crippen LogP contribution is -2.54. The Morgan fingerprint density at radius 1 is 1.03 bits per heavy atom. The second kappa shape index (κ2) is 9.26. The van der Waals surface area contributed by atoms with Gasteiger partial charge < -0.3 is 4.74 Å². The Bertz CT molecular complexity index is 1310. The summed E-state index contributed by atoms with van der Waals surface area (Å²) >= 11 is 6.17. The van der Waals surface area contributed by atoms with E-state index < -0.39 is 17.8 Å².